The number of halogens is 1. The molecule has 1 N–H and O–H groups in total. The van der Waals surface area contributed by atoms with Crippen LogP contribution in [-0.2, 0) is 12.8 Å². The molecule has 2 rings (SSSR count). The molecule has 0 radical (unpaired) electrons. The molecule has 17 heavy (non-hydrogen) atoms. The van der Waals surface area contributed by atoms with E-state index in [1.807, 2.05) is 0 Å². The lowest BCUT2D eigenvalue weighted by Crippen LogP contribution is -1.86. The summed E-state index contributed by atoms with van der Waals surface area (Å²) < 4.78 is 12.8. The standard InChI is InChI=1S/C13H15FN2S/c1-3-11-13(12(4-2)16-15-11)17-10-7-5-9(14)6-8-10/h5-8H,3-4H2,1-2H3,(H,15,16). The molecular formula is C13H15FN2S. The van der Waals surface area contributed by atoms with Gasteiger partial charge < -0.3 is 0 Å². The van der Waals surface area contributed by atoms with E-state index in [0.717, 1.165) is 29.1 Å². The van der Waals surface area contributed by atoms with E-state index in [4.69, 9.17) is 0 Å². The Kier molecular flexibility index (Phi) is 3.84. The van der Waals surface area contributed by atoms with Crippen LogP contribution in [0, 0.1) is 5.82 Å². The monoisotopic (exact) mass is 250 g/mol. The van der Waals surface area contributed by atoms with Crippen molar-refractivity contribution in [1.82, 2.24) is 10.2 Å². The Morgan fingerprint density at radius 1 is 1.18 bits per heavy atom. The minimum Gasteiger partial charge on any atom is -0.281 e. The molecule has 0 aliphatic heterocycles. The SMILES string of the molecule is CCc1n[nH]c(CC)c1Sc1ccc(F)cc1. The van der Waals surface area contributed by atoms with Gasteiger partial charge in [-0.05, 0) is 37.1 Å². The van der Waals surface area contributed by atoms with E-state index in [-0.39, 0.29) is 5.82 Å². The normalized spacial score (nSPS) is 10.8. The number of benzene rings is 1. The zero-order valence-electron chi connectivity index (χ0n) is 9.96. The van der Waals surface area contributed by atoms with E-state index in [1.54, 1.807) is 23.9 Å². The van der Waals surface area contributed by atoms with Crippen molar-refractivity contribution in [3.8, 4) is 0 Å². The first kappa shape index (κ1) is 12.2. The van der Waals surface area contributed by atoms with E-state index in [9.17, 15) is 4.39 Å². The van der Waals surface area contributed by atoms with Gasteiger partial charge in [-0.15, -0.1) is 0 Å². The molecular weight excluding hydrogens is 235 g/mol. The second-order valence-electron chi connectivity index (χ2n) is 3.74. The van der Waals surface area contributed by atoms with Crippen LogP contribution in [0.5, 0.6) is 0 Å². The highest BCUT2D eigenvalue weighted by atomic mass is 32.2. The summed E-state index contributed by atoms with van der Waals surface area (Å²) in [7, 11) is 0. The van der Waals surface area contributed by atoms with E-state index in [2.05, 4.69) is 24.0 Å². The van der Waals surface area contributed by atoms with Gasteiger partial charge in [0.05, 0.1) is 10.6 Å². The van der Waals surface area contributed by atoms with Crippen molar-refractivity contribution in [2.75, 3.05) is 0 Å². The van der Waals surface area contributed by atoms with Crippen molar-refractivity contribution in [2.24, 2.45) is 0 Å². The van der Waals surface area contributed by atoms with Gasteiger partial charge >= 0.3 is 0 Å². The van der Waals surface area contributed by atoms with Crippen molar-refractivity contribution >= 4 is 11.8 Å². The molecule has 0 fully saturated rings. The average Bonchev–Trinajstić information content (AvgIpc) is 2.74. The fourth-order valence-electron chi connectivity index (χ4n) is 1.63. The maximum absolute atomic E-state index is 12.8. The molecule has 0 saturated heterocycles. The molecule has 2 aromatic rings. The quantitative estimate of drug-likeness (QED) is 0.893. The number of aromatic nitrogens is 2. The number of aryl methyl sites for hydroxylation is 2. The number of hydrogen-bond acceptors (Lipinski definition) is 2. The van der Waals surface area contributed by atoms with Gasteiger partial charge in [0.25, 0.3) is 0 Å². The van der Waals surface area contributed by atoms with Crippen LogP contribution < -0.4 is 0 Å². The van der Waals surface area contributed by atoms with Gasteiger partial charge in [-0.25, -0.2) is 4.39 Å². The van der Waals surface area contributed by atoms with Gasteiger partial charge in [0.1, 0.15) is 5.82 Å². The summed E-state index contributed by atoms with van der Waals surface area (Å²) in [6.07, 6.45) is 1.83. The second kappa shape index (κ2) is 5.36. The van der Waals surface area contributed by atoms with Crippen LogP contribution >= 0.6 is 11.8 Å². The number of hydrogen-bond donors (Lipinski definition) is 1. The summed E-state index contributed by atoms with van der Waals surface area (Å²) in [5, 5.41) is 7.36. The van der Waals surface area contributed by atoms with Crippen molar-refractivity contribution in [3.05, 3.63) is 41.5 Å². The van der Waals surface area contributed by atoms with Gasteiger partial charge in [0.15, 0.2) is 0 Å². The molecule has 0 aliphatic rings. The van der Waals surface area contributed by atoms with Crippen LogP contribution in [0.15, 0.2) is 34.1 Å². The average molecular weight is 250 g/mol. The van der Waals surface area contributed by atoms with Crippen LogP contribution in [-0.4, -0.2) is 10.2 Å². The highest BCUT2D eigenvalue weighted by molar-refractivity contribution is 7.99. The molecule has 4 heteroatoms. The van der Waals surface area contributed by atoms with Crippen LogP contribution in [0.25, 0.3) is 0 Å². The summed E-state index contributed by atoms with van der Waals surface area (Å²) in [6, 6.07) is 6.57. The van der Waals surface area contributed by atoms with E-state index < -0.39 is 0 Å². The van der Waals surface area contributed by atoms with Gasteiger partial charge in [-0.3, -0.25) is 5.10 Å². The first-order chi connectivity index (χ1) is 8.24. The Morgan fingerprint density at radius 3 is 2.47 bits per heavy atom. The third-order valence-electron chi connectivity index (χ3n) is 2.58. The smallest absolute Gasteiger partial charge is 0.123 e. The summed E-state index contributed by atoms with van der Waals surface area (Å²) in [6.45, 7) is 4.19. The van der Waals surface area contributed by atoms with E-state index >= 15 is 0 Å². The van der Waals surface area contributed by atoms with Gasteiger partial charge in [0.2, 0.25) is 0 Å². The summed E-state index contributed by atoms with van der Waals surface area (Å²) in [5.41, 5.74) is 2.23. The molecule has 1 aromatic heterocycles. The lowest BCUT2D eigenvalue weighted by Gasteiger charge is -2.03. The third-order valence-corrected chi connectivity index (χ3v) is 3.78. The maximum Gasteiger partial charge on any atom is 0.123 e. The second-order valence-corrected chi connectivity index (χ2v) is 4.82. The molecule has 0 aliphatic carbocycles. The predicted molar refractivity (Wildman–Crippen MR) is 67.9 cm³/mol. The fraction of sp³-hybridized carbons (Fsp3) is 0.308. The molecule has 0 amide bonds. The van der Waals surface area contributed by atoms with Crippen molar-refractivity contribution in [1.29, 1.82) is 0 Å². The third kappa shape index (κ3) is 2.69. The number of aromatic amines is 1. The summed E-state index contributed by atoms with van der Waals surface area (Å²) >= 11 is 1.64. The van der Waals surface area contributed by atoms with Crippen molar-refractivity contribution in [2.45, 2.75) is 36.5 Å². The topological polar surface area (TPSA) is 28.7 Å². The minimum atomic E-state index is -0.201. The molecule has 2 nitrogen and oxygen atoms in total. The Balaban J connectivity index is 2.28. The highest BCUT2D eigenvalue weighted by Crippen LogP contribution is 2.32. The lowest BCUT2D eigenvalue weighted by molar-refractivity contribution is 0.626. The van der Waals surface area contributed by atoms with E-state index in [0.29, 0.717) is 0 Å². The van der Waals surface area contributed by atoms with Crippen LogP contribution in [0.1, 0.15) is 25.2 Å². The van der Waals surface area contributed by atoms with Crippen LogP contribution in [0.3, 0.4) is 0 Å². The number of H-pyrrole nitrogens is 1. The first-order valence-electron chi connectivity index (χ1n) is 5.74. The van der Waals surface area contributed by atoms with Gasteiger partial charge in [-0.1, -0.05) is 25.6 Å². The molecule has 0 saturated carbocycles. The Morgan fingerprint density at radius 2 is 1.88 bits per heavy atom. The molecule has 1 aromatic carbocycles. The van der Waals surface area contributed by atoms with Crippen LogP contribution in [0.4, 0.5) is 4.39 Å². The Bertz CT molecular complexity index is 469. The minimum absolute atomic E-state index is 0.201. The number of nitrogens with zero attached hydrogens (tertiary/aromatic N) is 1. The molecule has 0 atom stereocenters. The Labute approximate surface area is 105 Å². The van der Waals surface area contributed by atoms with Crippen molar-refractivity contribution in [3.63, 3.8) is 0 Å². The summed E-state index contributed by atoms with van der Waals surface area (Å²) in [4.78, 5) is 2.22. The number of nitrogens with one attached hydrogen (secondary N) is 1. The summed E-state index contributed by atoms with van der Waals surface area (Å²) in [5.74, 6) is -0.201. The zero-order chi connectivity index (χ0) is 12.3. The predicted octanol–water partition coefficient (Wildman–Crippen LogP) is 3.82. The molecule has 0 unspecified atom stereocenters. The van der Waals surface area contributed by atoms with E-state index in [1.165, 1.54) is 17.0 Å². The molecule has 90 valence electrons. The molecule has 1 heterocycles. The maximum atomic E-state index is 12.8. The molecule has 0 spiro atoms. The first-order valence-corrected chi connectivity index (χ1v) is 6.55. The van der Waals surface area contributed by atoms with Gasteiger partial charge in [0, 0.05) is 10.6 Å². The van der Waals surface area contributed by atoms with Crippen molar-refractivity contribution < 1.29 is 4.39 Å². The fourth-order valence-corrected chi connectivity index (χ4v) is 2.76. The largest absolute Gasteiger partial charge is 0.281 e. The Hall–Kier alpha value is -1.29. The zero-order valence-corrected chi connectivity index (χ0v) is 10.8. The van der Waals surface area contributed by atoms with Crippen LogP contribution in [0.2, 0.25) is 0 Å². The molecule has 0 bridgehead atoms. The highest BCUT2D eigenvalue weighted by Gasteiger charge is 2.11. The van der Waals surface area contributed by atoms with Gasteiger partial charge in [-0.2, -0.15) is 5.10 Å². The lowest BCUT2D eigenvalue weighted by atomic mass is 10.2. The number of rotatable bonds is 4.